The zero-order valence-corrected chi connectivity index (χ0v) is 22.8. The van der Waals surface area contributed by atoms with E-state index in [2.05, 4.69) is 36.0 Å². The molecule has 6 rings (SSSR count). The van der Waals surface area contributed by atoms with Crippen molar-refractivity contribution in [3.63, 3.8) is 0 Å². The number of fused-ring (bicyclic) bond motifs is 1. The third kappa shape index (κ3) is 5.67. The Kier molecular flexibility index (Phi) is 7.19. The van der Waals surface area contributed by atoms with Gasteiger partial charge < -0.3 is 16.0 Å². The summed E-state index contributed by atoms with van der Waals surface area (Å²) in [7, 11) is 0. The topological polar surface area (TPSA) is 156 Å². The molecule has 0 aliphatic heterocycles. The van der Waals surface area contributed by atoms with E-state index in [-0.39, 0.29) is 5.91 Å². The Morgan fingerprint density at radius 3 is 2.76 bits per heavy atom. The molecule has 5 N–H and O–H groups in total. The van der Waals surface area contributed by atoms with Gasteiger partial charge in [-0.3, -0.25) is 9.89 Å². The standard InChI is InChI=1S/C28H22Cl2N10O/c29-19-8-10-23(40-15-32-38-39-40)17(13-19)7-11-24(41)33-22(12-16-4-2-1-3-5-16)28-34-25(26(30)35-28)18-6-9-20-21(14-18)36-37-27(20)31/h1-11,13-15,22H,12H2,(H,33,41)(H,34,35)(H3,31,36,37)/b11-7+/t22-/m0/s1. The molecular weight excluding hydrogens is 563 g/mol. The van der Waals surface area contributed by atoms with Gasteiger partial charge in [-0.15, -0.1) is 5.10 Å². The van der Waals surface area contributed by atoms with Crippen molar-refractivity contribution in [3.8, 4) is 16.9 Å². The number of carbonyl (C=O) groups is 1. The normalized spacial score (nSPS) is 12.2. The van der Waals surface area contributed by atoms with E-state index in [1.807, 2.05) is 48.5 Å². The highest BCUT2D eigenvalue weighted by molar-refractivity contribution is 6.32. The summed E-state index contributed by atoms with van der Waals surface area (Å²) in [6.07, 6.45) is 5.03. The Bertz CT molecular complexity index is 1860. The van der Waals surface area contributed by atoms with Crippen molar-refractivity contribution >= 4 is 51.9 Å². The lowest BCUT2D eigenvalue weighted by Crippen LogP contribution is -2.29. The van der Waals surface area contributed by atoms with Gasteiger partial charge in [0, 0.05) is 27.6 Å². The minimum atomic E-state index is -0.509. The first-order valence-electron chi connectivity index (χ1n) is 12.5. The van der Waals surface area contributed by atoms with Crippen LogP contribution in [-0.4, -0.2) is 46.3 Å². The average Bonchev–Trinajstić information content (AvgIpc) is 3.73. The third-order valence-corrected chi connectivity index (χ3v) is 6.98. The number of benzene rings is 3. The summed E-state index contributed by atoms with van der Waals surface area (Å²) in [5.41, 5.74) is 10.3. The van der Waals surface area contributed by atoms with Crippen LogP contribution < -0.4 is 11.1 Å². The lowest BCUT2D eigenvalue weighted by Gasteiger charge is -2.16. The van der Waals surface area contributed by atoms with Gasteiger partial charge in [0.1, 0.15) is 23.0 Å². The van der Waals surface area contributed by atoms with Gasteiger partial charge in [-0.2, -0.15) is 9.78 Å². The van der Waals surface area contributed by atoms with Crippen molar-refractivity contribution in [2.45, 2.75) is 12.5 Å². The molecule has 3 aromatic heterocycles. The Hall–Kier alpha value is -5.00. The smallest absolute Gasteiger partial charge is 0.244 e. The number of aromatic amines is 2. The summed E-state index contributed by atoms with van der Waals surface area (Å²) in [6.45, 7) is 0. The zero-order chi connectivity index (χ0) is 28.3. The predicted octanol–water partition coefficient (Wildman–Crippen LogP) is 4.93. The van der Waals surface area contributed by atoms with Crippen LogP contribution in [0.25, 0.3) is 33.9 Å². The Morgan fingerprint density at radius 1 is 1.10 bits per heavy atom. The summed E-state index contributed by atoms with van der Waals surface area (Å²) in [6, 6.07) is 20.1. The second-order valence-electron chi connectivity index (χ2n) is 9.20. The van der Waals surface area contributed by atoms with E-state index in [4.69, 9.17) is 33.9 Å². The second-order valence-corrected chi connectivity index (χ2v) is 10.0. The van der Waals surface area contributed by atoms with Gasteiger partial charge in [0.2, 0.25) is 5.91 Å². The molecule has 11 nitrogen and oxygen atoms in total. The largest absolute Gasteiger partial charge is 0.382 e. The number of hydrogen-bond donors (Lipinski definition) is 4. The zero-order valence-electron chi connectivity index (χ0n) is 21.3. The lowest BCUT2D eigenvalue weighted by molar-refractivity contribution is -0.117. The second kappa shape index (κ2) is 11.2. The van der Waals surface area contributed by atoms with Crippen LogP contribution in [0.2, 0.25) is 10.2 Å². The van der Waals surface area contributed by atoms with Gasteiger partial charge in [-0.1, -0.05) is 59.6 Å². The average molecular weight is 585 g/mol. The van der Waals surface area contributed by atoms with Crippen LogP contribution in [-0.2, 0) is 11.2 Å². The minimum Gasteiger partial charge on any atom is -0.382 e. The number of amides is 1. The summed E-state index contributed by atoms with van der Waals surface area (Å²) >= 11 is 12.8. The Morgan fingerprint density at radius 2 is 1.95 bits per heavy atom. The SMILES string of the molecule is Nc1n[nH]c2cc(-c3nc([C@H](Cc4ccccc4)NC(=O)/C=C/c4cc(Cl)ccc4-n4cnnn4)[nH]c3Cl)ccc12. The third-order valence-electron chi connectivity index (χ3n) is 6.47. The predicted molar refractivity (Wildman–Crippen MR) is 157 cm³/mol. The molecule has 0 bridgehead atoms. The van der Waals surface area contributed by atoms with E-state index in [0.717, 1.165) is 22.0 Å². The maximum absolute atomic E-state index is 13.2. The molecule has 6 aromatic rings. The number of halogens is 2. The van der Waals surface area contributed by atoms with Gasteiger partial charge >= 0.3 is 0 Å². The molecule has 0 aliphatic rings. The fraction of sp³-hybridized carbons (Fsp3) is 0.0714. The van der Waals surface area contributed by atoms with Crippen molar-refractivity contribution in [1.29, 1.82) is 0 Å². The van der Waals surface area contributed by atoms with Crippen LogP contribution >= 0.6 is 23.2 Å². The highest BCUT2D eigenvalue weighted by Gasteiger charge is 2.21. The molecule has 1 atom stereocenters. The Labute approximate surface area is 243 Å². The molecule has 204 valence electrons. The van der Waals surface area contributed by atoms with E-state index in [9.17, 15) is 4.79 Å². The number of imidazole rings is 1. The number of anilines is 1. The number of hydrogen-bond acceptors (Lipinski definition) is 7. The van der Waals surface area contributed by atoms with Crippen LogP contribution in [0.4, 0.5) is 5.82 Å². The van der Waals surface area contributed by atoms with Crippen LogP contribution in [0.5, 0.6) is 0 Å². The van der Waals surface area contributed by atoms with Crippen LogP contribution in [0.15, 0.2) is 79.1 Å². The molecule has 0 unspecified atom stereocenters. The maximum Gasteiger partial charge on any atom is 0.244 e. The van der Waals surface area contributed by atoms with E-state index < -0.39 is 6.04 Å². The van der Waals surface area contributed by atoms with Crippen molar-refractivity contribution in [3.05, 3.63) is 106 Å². The monoisotopic (exact) mass is 584 g/mol. The summed E-state index contributed by atoms with van der Waals surface area (Å²) < 4.78 is 1.49. The van der Waals surface area contributed by atoms with Crippen molar-refractivity contribution in [2.75, 3.05) is 5.73 Å². The first-order valence-corrected chi connectivity index (χ1v) is 13.2. The van der Waals surface area contributed by atoms with Gasteiger partial charge in [0.25, 0.3) is 0 Å². The molecule has 3 heterocycles. The molecule has 0 saturated carbocycles. The van der Waals surface area contributed by atoms with E-state index in [1.165, 1.54) is 17.1 Å². The van der Waals surface area contributed by atoms with Crippen LogP contribution in [0, 0.1) is 0 Å². The van der Waals surface area contributed by atoms with E-state index in [0.29, 0.717) is 45.2 Å². The quantitative estimate of drug-likeness (QED) is 0.185. The van der Waals surface area contributed by atoms with Gasteiger partial charge in [-0.25, -0.2) is 4.98 Å². The molecular formula is C28H22Cl2N10O. The highest BCUT2D eigenvalue weighted by Crippen LogP contribution is 2.31. The molecule has 0 radical (unpaired) electrons. The molecule has 0 aliphatic carbocycles. The van der Waals surface area contributed by atoms with Gasteiger partial charge in [0.05, 0.1) is 17.2 Å². The van der Waals surface area contributed by atoms with Gasteiger partial charge in [0.15, 0.2) is 5.82 Å². The molecule has 3 aromatic carbocycles. The number of nitrogens with two attached hydrogens (primary N) is 1. The summed E-state index contributed by atoms with van der Waals surface area (Å²) in [5, 5.41) is 23.0. The van der Waals surface area contributed by atoms with Crippen LogP contribution in [0.1, 0.15) is 23.0 Å². The molecule has 0 saturated heterocycles. The lowest BCUT2D eigenvalue weighted by atomic mass is 10.1. The summed E-state index contributed by atoms with van der Waals surface area (Å²) in [5.74, 6) is 0.593. The number of nitrogens with one attached hydrogen (secondary N) is 3. The van der Waals surface area contributed by atoms with Crippen molar-refractivity contribution in [2.24, 2.45) is 0 Å². The van der Waals surface area contributed by atoms with Crippen molar-refractivity contribution in [1.82, 2.24) is 45.7 Å². The Balaban J connectivity index is 1.29. The van der Waals surface area contributed by atoms with Gasteiger partial charge in [-0.05, 0) is 58.8 Å². The number of aromatic nitrogens is 8. The number of nitrogens with zero attached hydrogens (tertiary/aromatic N) is 6. The van der Waals surface area contributed by atoms with Crippen molar-refractivity contribution < 1.29 is 4.79 Å². The number of rotatable bonds is 8. The first-order chi connectivity index (χ1) is 19.9. The molecule has 41 heavy (non-hydrogen) atoms. The van der Waals surface area contributed by atoms with E-state index >= 15 is 0 Å². The molecule has 0 fully saturated rings. The first kappa shape index (κ1) is 26.2. The number of H-pyrrole nitrogens is 2. The van der Waals surface area contributed by atoms with Crippen LogP contribution in [0.3, 0.4) is 0 Å². The maximum atomic E-state index is 13.2. The fourth-order valence-electron chi connectivity index (χ4n) is 4.50. The molecule has 1 amide bonds. The molecule has 0 spiro atoms. The number of nitrogen functional groups attached to an aromatic ring is 1. The van der Waals surface area contributed by atoms with E-state index in [1.54, 1.807) is 24.3 Å². The molecule has 13 heteroatoms. The minimum absolute atomic E-state index is 0.336. The number of carbonyl (C=O) groups excluding carboxylic acids is 1. The fourth-order valence-corrected chi connectivity index (χ4v) is 4.93. The number of tetrazole rings is 1. The highest BCUT2D eigenvalue weighted by atomic mass is 35.5. The summed E-state index contributed by atoms with van der Waals surface area (Å²) in [4.78, 5) is 21.1.